The van der Waals surface area contributed by atoms with Crippen LogP contribution in [-0.2, 0) is 4.79 Å². The van der Waals surface area contributed by atoms with Gasteiger partial charge in [-0.2, -0.15) is 0 Å². The smallest absolute Gasteiger partial charge is 0.239 e. The highest BCUT2D eigenvalue weighted by atomic mass is 32.1. The number of aryl methyl sites for hydroxylation is 1. The first-order valence-electron chi connectivity index (χ1n) is 5.00. The van der Waals surface area contributed by atoms with Crippen LogP contribution in [0.2, 0.25) is 0 Å². The fourth-order valence-corrected chi connectivity index (χ4v) is 1.66. The maximum atomic E-state index is 11.3. The monoisotopic (exact) mass is 227 g/mol. The van der Waals surface area contributed by atoms with Crippen molar-refractivity contribution in [1.82, 2.24) is 10.3 Å². The Morgan fingerprint density at radius 3 is 2.87 bits per heavy atom. The normalized spacial score (nSPS) is 10.4. The zero-order valence-electron chi connectivity index (χ0n) is 9.33. The minimum absolute atomic E-state index is 0.0107. The lowest BCUT2D eigenvalue weighted by atomic mass is 10.2. The fourth-order valence-electron chi connectivity index (χ4n) is 0.972. The van der Waals surface area contributed by atoms with Gasteiger partial charge in [0.05, 0.1) is 12.2 Å². The SMILES string of the molecule is Cc1csc(NCC(=O)NCC(C)C)n1. The Labute approximate surface area is 94.1 Å². The molecule has 0 atom stereocenters. The van der Waals surface area contributed by atoms with Crippen molar-refractivity contribution < 1.29 is 4.79 Å². The molecule has 0 aliphatic rings. The number of carbonyl (C=O) groups excluding carboxylic acids is 1. The van der Waals surface area contributed by atoms with Crippen LogP contribution in [0.3, 0.4) is 0 Å². The van der Waals surface area contributed by atoms with Crippen LogP contribution < -0.4 is 10.6 Å². The highest BCUT2D eigenvalue weighted by Crippen LogP contribution is 2.13. The van der Waals surface area contributed by atoms with E-state index in [1.807, 2.05) is 12.3 Å². The van der Waals surface area contributed by atoms with Gasteiger partial charge in [0, 0.05) is 11.9 Å². The molecule has 84 valence electrons. The molecule has 4 nitrogen and oxygen atoms in total. The van der Waals surface area contributed by atoms with Crippen molar-refractivity contribution >= 4 is 22.4 Å². The maximum absolute atomic E-state index is 11.3. The van der Waals surface area contributed by atoms with E-state index in [1.165, 1.54) is 11.3 Å². The third kappa shape index (κ3) is 4.78. The van der Waals surface area contributed by atoms with E-state index in [1.54, 1.807) is 0 Å². The minimum atomic E-state index is 0.0107. The number of hydrogen-bond acceptors (Lipinski definition) is 4. The van der Waals surface area contributed by atoms with Gasteiger partial charge in [0.2, 0.25) is 5.91 Å². The van der Waals surface area contributed by atoms with Gasteiger partial charge in [-0.15, -0.1) is 11.3 Å². The molecule has 0 saturated carbocycles. The molecule has 0 spiro atoms. The Morgan fingerprint density at radius 1 is 1.60 bits per heavy atom. The van der Waals surface area contributed by atoms with Crippen LogP contribution in [0, 0.1) is 12.8 Å². The average Bonchev–Trinajstić information content (AvgIpc) is 2.58. The number of hydrogen-bond donors (Lipinski definition) is 2. The molecule has 0 bridgehead atoms. The Bertz CT molecular complexity index is 322. The molecule has 0 aliphatic heterocycles. The van der Waals surface area contributed by atoms with Gasteiger partial charge in [0.15, 0.2) is 5.13 Å². The summed E-state index contributed by atoms with van der Waals surface area (Å²) >= 11 is 1.51. The molecule has 0 unspecified atom stereocenters. The topological polar surface area (TPSA) is 54.0 Å². The number of carbonyl (C=O) groups is 1. The van der Waals surface area contributed by atoms with Crippen molar-refractivity contribution in [3.05, 3.63) is 11.1 Å². The number of nitrogens with one attached hydrogen (secondary N) is 2. The van der Waals surface area contributed by atoms with Gasteiger partial charge in [-0.05, 0) is 12.8 Å². The molecular weight excluding hydrogens is 210 g/mol. The standard InChI is InChI=1S/C10H17N3OS/c1-7(2)4-11-9(14)5-12-10-13-8(3)6-15-10/h6-7H,4-5H2,1-3H3,(H,11,14)(H,12,13). The summed E-state index contributed by atoms with van der Waals surface area (Å²) in [5, 5.41) is 8.57. The van der Waals surface area contributed by atoms with E-state index in [-0.39, 0.29) is 5.91 Å². The van der Waals surface area contributed by atoms with Crippen LogP contribution in [0.15, 0.2) is 5.38 Å². The van der Waals surface area contributed by atoms with Crippen LogP contribution >= 0.6 is 11.3 Å². The molecule has 1 aromatic heterocycles. The number of aromatic nitrogens is 1. The molecule has 15 heavy (non-hydrogen) atoms. The van der Waals surface area contributed by atoms with Crippen LogP contribution in [0.1, 0.15) is 19.5 Å². The molecule has 1 amide bonds. The highest BCUT2D eigenvalue weighted by Gasteiger charge is 2.03. The minimum Gasteiger partial charge on any atom is -0.354 e. The Balaban J connectivity index is 2.22. The lowest BCUT2D eigenvalue weighted by molar-refractivity contribution is -0.119. The summed E-state index contributed by atoms with van der Waals surface area (Å²) in [6.45, 7) is 7.08. The summed E-state index contributed by atoms with van der Waals surface area (Å²) in [5.41, 5.74) is 0.977. The Morgan fingerprint density at radius 2 is 2.33 bits per heavy atom. The maximum Gasteiger partial charge on any atom is 0.239 e. The second kappa shape index (κ2) is 5.70. The van der Waals surface area contributed by atoms with E-state index in [0.717, 1.165) is 17.4 Å². The van der Waals surface area contributed by atoms with E-state index < -0.39 is 0 Å². The van der Waals surface area contributed by atoms with Crippen molar-refractivity contribution in [1.29, 1.82) is 0 Å². The van der Waals surface area contributed by atoms with Crippen LogP contribution in [0.4, 0.5) is 5.13 Å². The lowest BCUT2D eigenvalue weighted by Crippen LogP contribution is -2.32. The van der Waals surface area contributed by atoms with Crippen molar-refractivity contribution in [3.8, 4) is 0 Å². The number of nitrogens with zero attached hydrogens (tertiary/aromatic N) is 1. The summed E-state index contributed by atoms with van der Waals surface area (Å²) in [7, 11) is 0. The quantitative estimate of drug-likeness (QED) is 0.804. The van der Waals surface area contributed by atoms with Crippen molar-refractivity contribution in [2.75, 3.05) is 18.4 Å². The molecule has 1 rings (SSSR count). The van der Waals surface area contributed by atoms with Gasteiger partial charge in [-0.3, -0.25) is 4.79 Å². The van der Waals surface area contributed by atoms with Gasteiger partial charge >= 0.3 is 0 Å². The molecule has 0 fully saturated rings. The molecule has 2 N–H and O–H groups in total. The predicted octanol–water partition coefficient (Wildman–Crippen LogP) is 1.64. The fraction of sp³-hybridized carbons (Fsp3) is 0.600. The molecule has 1 heterocycles. The Hall–Kier alpha value is -1.10. The summed E-state index contributed by atoms with van der Waals surface area (Å²) in [4.78, 5) is 15.5. The van der Waals surface area contributed by atoms with Crippen molar-refractivity contribution in [2.45, 2.75) is 20.8 Å². The summed E-state index contributed by atoms with van der Waals surface area (Å²) in [5.74, 6) is 0.493. The lowest BCUT2D eigenvalue weighted by Gasteiger charge is -2.07. The molecular formula is C10H17N3OS. The first-order valence-corrected chi connectivity index (χ1v) is 5.88. The van der Waals surface area contributed by atoms with Crippen LogP contribution in [0.25, 0.3) is 0 Å². The largest absolute Gasteiger partial charge is 0.354 e. The first-order chi connectivity index (χ1) is 7.08. The third-order valence-corrected chi connectivity index (χ3v) is 2.64. The zero-order chi connectivity index (χ0) is 11.3. The second-order valence-corrected chi connectivity index (χ2v) is 4.70. The van der Waals surface area contributed by atoms with Crippen LogP contribution in [-0.4, -0.2) is 24.0 Å². The number of rotatable bonds is 5. The van der Waals surface area contributed by atoms with E-state index in [0.29, 0.717) is 12.5 Å². The van der Waals surface area contributed by atoms with E-state index >= 15 is 0 Å². The molecule has 0 aliphatic carbocycles. The predicted molar refractivity (Wildman–Crippen MR) is 63.2 cm³/mol. The molecule has 5 heteroatoms. The van der Waals surface area contributed by atoms with Gasteiger partial charge in [-0.1, -0.05) is 13.8 Å². The molecule has 0 aromatic carbocycles. The number of anilines is 1. The van der Waals surface area contributed by atoms with Gasteiger partial charge in [-0.25, -0.2) is 4.98 Å². The summed E-state index contributed by atoms with van der Waals surface area (Å²) in [6.07, 6.45) is 0. The van der Waals surface area contributed by atoms with E-state index in [9.17, 15) is 4.79 Å². The number of amides is 1. The second-order valence-electron chi connectivity index (χ2n) is 3.85. The Kier molecular flexibility index (Phi) is 4.55. The molecule has 0 radical (unpaired) electrons. The van der Waals surface area contributed by atoms with Gasteiger partial charge in [0.1, 0.15) is 0 Å². The average molecular weight is 227 g/mol. The molecule has 1 aromatic rings. The van der Waals surface area contributed by atoms with Gasteiger partial charge in [0.25, 0.3) is 0 Å². The third-order valence-electron chi connectivity index (χ3n) is 1.73. The highest BCUT2D eigenvalue weighted by molar-refractivity contribution is 7.13. The van der Waals surface area contributed by atoms with Crippen LogP contribution in [0.5, 0.6) is 0 Å². The van der Waals surface area contributed by atoms with Crippen molar-refractivity contribution in [2.24, 2.45) is 5.92 Å². The van der Waals surface area contributed by atoms with E-state index in [2.05, 4.69) is 29.5 Å². The summed E-state index contributed by atoms with van der Waals surface area (Å²) < 4.78 is 0. The summed E-state index contributed by atoms with van der Waals surface area (Å²) in [6, 6.07) is 0. The van der Waals surface area contributed by atoms with Gasteiger partial charge < -0.3 is 10.6 Å². The number of thiazole rings is 1. The molecule has 0 saturated heterocycles. The van der Waals surface area contributed by atoms with Crippen molar-refractivity contribution in [3.63, 3.8) is 0 Å². The van der Waals surface area contributed by atoms with E-state index in [4.69, 9.17) is 0 Å². The first kappa shape index (κ1) is 12.0. The zero-order valence-corrected chi connectivity index (χ0v) is 10.1.